The second-order valence-corrected chi connectivity index (χ2v) is 5.42. The van der Waals surface area contributed by atoms with Crippen molar-refractivity contribution in [3.63, 3.8) is 0 Å². The van der Waals surface area contributed by atoms with Crippen LogP contribution >= 0.6 is 44.1 Å². The van der Waals surface area contributed by atoms with Gasteiger partial charge in [-0.05, 0) is 40.3 Å². The lowest BCUT2D eigenvalue weighted by Gasteiger charge is -2.07. The summed E-state index contributed by atoms with van der Waals surface area (Å²) in [7, 11) is 1.61. The van der Waals surface area contributed by atoms with E-state index < -0.39 is 0 Å². The van der Waals surface area contributed by atoms with Gasteiger partial charge in [0.05, 0.1) is 17.8 Å². The molecule has 1 aromatic heterocycles. The molecule has 8 heteroatoms. The highest BCUT2D eigenvalue weighted by atomic mass is 79.9. The summed E-state index contributed by atoms with van der Waals surface area (Å²) in [5, 5.41) is 10.6. The first-order valence-electron chi connectivity index (χ1n) is 4.81. The predicted molar refractivity (Wildman–Crippen MR) is 78.8 cm³/mol. The Labute approximate surface area is 125 Å². The third-order valence-electron chi connectivity index (χ3n) is 2.10. The molecule has 0 amide bonds. The zero-order valence-electron chi connectivity index (χ0n) is 9.22. The molecule has 5 nitrogen and oxygen atoms in total. The number of nitrogens with zero attached hydrogens (tertiary/aromatic N) is 3. The molecule has 0 saturated heterocycles. The molecule has 0 aliphatic carbocycles. The van der Waals surface area contributed by atoms with E-state index in [1.54, 1.807) is 13.3 Å². The smallest absolute Gasteiger partial charge is 0.216 e. The Balaban J connectivity index is 2.43. The summed E-state index contributed by atoms with van der Waals surface area (Å²) in [6.45, 7) is 0. The number of hydrogen-bond acceptors (Lipinski definition) is 4. The Bertz CT molecular complexity index is 650. The number of methoxy groups -OCH3 is 1. The number of aromatic nitrogens is 3. The average Bonchev–Trinajstić information content (AvgIpc) is 2.71. The van der Waals surface area contributed by atoms with E-state index in [1.165, 1.54) is 11.0 Å². The van der Waals surface area contributed by atoms with Crippen LogP contribution in [0.2, 0.25) is 0 Å². The maximum atomic E-state index is 5.31. The van der Waals surface area contributed by atoms with E-state index >= 15 is 0 Å². The summed E-state index contributed by atoms with van der Waals surface area (Å²) in [5.74, 6) is 0.706. The molecule has 0 bridgehead atoms. The molecule has 0 atom stereocenters. The third-order valence-corrected chi connectivity index (χ3v) is 3.42. The normalized spacial score (nSPS) is 11.1. The zero-order valence-corrected chi connectivity index (χ0v) is 13.2. The molecule has 18 heavy (non-hydrogen) atoms. The van der Waals surface area contributed by atoms with Crippen LogP contribution in [0.15, 0.2) is 32.5 Å². The van der Waals surface area contributed by atoms with Crippen molar-refractivity contribution in [3.8, 4) is 5.75 Å². The maximum Gasteiger partial charge on any atom is 0.216 e. The molecule has 94 valence electrons. The van der Waals surface area contributed by atoms with Crippen molar-refractivity contribution in [1.29, 1.82) is 0 Å². The summed E-state index contributed by atoms with van der Waals surface area (Å²) in [6, 6.07) is 3.80. The van der Waals surface area contributed by atoms with E-state index in [4.69, 9.17) is 17.0 Å². The predicted octanol–water partition coefficient (Wildman–Crippen LogP) is 3.36. The number of H-pyrrole nitrogens is 1. The van der Waals surface area contributed by atoms with Crippen LogP contribution in [0.3, 0.4) is 0 Å². The van der Waals surface area contributed by atoms with E-state index in [0.717, 1.165) is 14.5 Å². The van der Waals surface area contributed by atoms with Gasteiger partial charge in [-0.3, -0.25) is 5.10 Å². The topological polar surface area (TPSA) is 55.2 Å². The molecule has 0 aliphatic rings. The first-order valence-corrected chi connectivity index (χ1v) is 6.80. The van der Waals surface area contributed by atoms with Crippen LogP contribution < -0.4 is 4.74 Å². The summed E-state index contributed by atoms with van der Waals surface area (Å²) in [6.07, 6.45) is 3.15. The molecule has 0 aliphatic heterocycles. The molecule has 0 saturated carbocycles. The number of nitrogens with one attached hydrogen (secondary N) is 1. The number of ether oxygens (including phenoxy) is 1. The first kappa shape index (κ1) is 13.4. The van der Waals surface area contributed by atoms with Crippen LogP contribution in [0.4, 0.5) is 0 Å². The lowest BCUT2D eigenvalue weighted by Crippen LogP contribution is -1.95. The Morgan fingerprint density at radius 2 is 2.28 bits per heavy atom. The molecule has 2 aromatic rings. The maximum absolute atomic E-state index is 5.31. The fourth-order valence-electron chi connectivity index (χ4n) is 1.34. The summed E-state index contributed by atoms with van der Waals surface area (Å²) in [5.41, 5.74) is 0.821. The van der Waals surface area contributed by atoms with Crippen molar-refractivity contribution >= 4 is 50.3 Å². The number of benzene rings is 1. The SMILES string of the molecule is COc1c(Br)cc(Br)cc1/C=N\n1cn[nH]c1=S. The van der Waals surface area contributed by atoms with Gasteiger partial charge in [0.1, 0.15) is 12.1 Å². The van der Waals surface area contributed by atoms with Gasteiger partial charge in [0.2, 0.25) is 4.77 Å². The first-order chi connectivity index (χ1) is 8.61. The van der Waals surface area contributed by atoms with Crippen LogP contribution in [0, 0.1) is 4.77 Å². The molecular weight excluding hydrogens is 384 g/mol. The zero-order chi connectivity index (χ0) is 13.1. The minimum Gasteiger partial charge on any atom is -0.495 e. The van der Waals surface area contributed by atoms with Gasteiger partial charge in [-0.15, -0.1) is 0 Å². The van der Waals surface area contributed by atoms with Gasteiger partial charge >= 0.3 is 0 Å². The fraction of sp³-hybridized carbons (Fsp3) is 0.100. The molecule has 0 radical (unpaired) electrons. The van der Waals surface area contributed by atoms with Crippen molar-refractivity contribution in [3.05, 3.63) is 37.7 Å². The van der Waals surface area contributed by atoms with E-state index in [-0.39, 0.29) is 0 Å². The monoisotopic (exact) mass is 390 g/mol. The highest BCUT2D eigenvalue weighted by Gasteiger charge is 2.07. The summed E-state index contributed by atoms with van der Waals surface area (Å²) >= 11 is 11.8. The molecule has 2 rings (SSSR count). The van der Waals surface area contributed by atoms with Crippen molar-refractivity contribution in [1.82, 2.24) is 14.9 Å². The van der Waals surface area contributed by atoms with Gasteiger partial charge in [-0.1, -0.05) is 15.9 Å². The molecule has 0 fully saturated rings. The van der Waals surface area contributed by atoms with Gasteiger partial charge in [-0.2, -0.15) is 14.9 Å². The molecule has 1 heterocycles. The molecule has 1 N–H and O–H groups in total. The van der Waals surface area contributed by atoms with Crippen LogP contribution in [0.5, 0.6) is 5.75 Å². The van der Waals surface area contributed by atoms with Crippen LogP contribution in [-0.4, -0.2) is 28.2 Å². The van der Waals surface area contributed by atoms with E-state index in [9.17, 15) is 0 Å². The highest BCUT2D eigenvalue weighted by Crippen LogP contribution is 2.31. The second kappa shape index (κ2) is 5.77. The Kier molecular flexibility index (Phi) is 4.31. The minimum absolute atomic E-state index is 0.430. The van der Waals surface area contributed by atoms with Crippen LogP contribution in [0.1, 0.15) is 5.56 Å². The van der Waals surface area contributed by atoms with E-state index in [0.29, 0.717) is 10.5 Å². The van der Waals surface area contributed by atoms with Crippen molar-refractivity contribution in [2.45, 2.75) is 0 Å². The third kappa shape index (κ3) is 2.88. The number of hydrogen-bond donors (Lipinski definition) is 1. The lowest BCUT2D eigenvalue weighted by atomic mass is 10.2. The Hall–Kier alpha value is -0.990. The van der Waals surface area contributed by atoms with E-state index in [1.807, 2.05) is 12.1 Å². The second-order valence-electron chi connectivity index (χ2n) is 3.26. The summed E-state index contributed by atoms with van der Waals surface area (Å²) < 4.78 is 8.97. The highest BCUT2D eigenvalue weighted by molar-refractivity contribution is 9.11. The number of halogens is 2. The lowest BCUT2D eigenvalue weighted by molar-refractivity contribution is 0.411. The average molecular weight is 392 g/mol. The van der Waals surface area contributed by atoms with Gasteiger partial charge < -0.3 is 4.74 Å². The Morgan fingerprint density at radius 1 is 1.50 bits per heavy atom. The molecule has 0 spiro atoms. The van der Waals surface area contributed by atoms with Crippen LogP contribution in [-0.2, 0) is 0 Å². The van der Waals surface area contributed by atoms with E-state index in [2.05, 4.69) is 47.2 Å². The molecule has 0 unspecified atom stereocenters. The molecular formula is C10H8Br2N4OS. The number of rotatable bonds is 3. The van der Waals surface area contributed by atoms with Gasteiger partial charge in [0.15, 0.2) is 0 Å². The minimum atomic E-state index is 0.430. The van der Waals surface area contributed by atoms with Gasteiger partial charge in [0, 0.05) is 10.0 Å². The largest absolute Gasteiger partial charge is 0.495 e. The van der Waals surface area contributed by atoms with Crippen molar-refractivity contribution in [2.24, 2.45) is 5.10 Å². The molecule has 1 aromatic carbocycles. The fourth-order valence-corrected chi connectivity index (χ4v) is 2.91. The van der Waals surface area contributed by atoms with Crippen LogP contribution in [0.25, 0.3) is 0 Å². The number of aromatic amines is 1. The van der Waals surface area contributed by atoms with Crippen molar-refractivity contribution < 1.29 is 4.74 Å². The summed E-state index contributed by atoms with van der Waals surface area (Å²) in [4.78, 5) is 0. The van der Waals surface area contributed by atoms with Gasteiger partial charge in [0.25, 0.3) is 0 Å². The standard InChI is InChI=1S/C10H8Br2N4OS/c1-17-9-6(2-7(11)3-8(9)12)4-14-16-5-13-15-10(16)18/h2-5H,1H3,(H,15,18)/b14-4-. The Morgan fingerprint density at radius 3 is 2.89 bits per heavy atom. The van der Waals surface area contributed by atoms with Gasteiger partial charge in [-0.25, -0.2) is 0 Å². The quantitative estimate of drug-likeness (QED) is 0.644. The van der Waals surface area contributed by atoms with Crippen molar-refractivity contribution in [2.75, 3.05) is 7.11 Å².